The van der Waals surface area contributed by atoms with Crippen molar-refractivity contribution in [2.45, 2.75) is 65.6 Å². The number of carbonyl (C=O) groups is 2. The lowest BCUT2D eigenvalue weighted by Crippen LogP contribution is -2.43. The quantitative estimate of drug-likeness (QED) is 0.305. The van der Waals surface area contributed by atoms with Gasteiger partial charge in [0.15, 0.2) is 11.4 Å². The van der Waals surface area contributed by atoms with E-state index in [0.29, 0.717) is 18.0 Å². The number of fused-ring (bicyclic) bond motifs is 1. The van der Waals surface area contributed by atoms with Crippen LogP contribution in [-0.2, 0) is 11.3 Å². The second-order valence-electron chi connectivity index (χ2n) is 11.3. The maximum Gasteiger partial charge on any atom is 0.291 e. The minimum absolute atomic E-state index is 0.0138. The summed E-state index contributed by atoms with van der Waals surface area (Å²) in [5.41, 5.74) is -1.83. The van der Waals surface area contributed by atoms with E-state index in [1.165, 1.54) is 10.8 Å². The van der Waals surface area contributed by atoms with Crippen LogP contribution < -0.4 is 26.8 Å². The largest absolute Gasteiger partial charge is 0.494 e. The summed E-state index contributed by atoms with van der Waals surface area (Å²) in [6, 6.07) is 1.60. The summed E-state index contributed by atoms with van der Waals surface area (Å²) < 4.78 is 2.60. The maximum atomic E-state index is 13.2. The molecular weight excluding hydrogens is 480 g/mol. The van der Waals surface area contributed by atoms with Crippen LogP contribution in [0.15, 0.2) is 27.8 Å². The first kappa shape index (κ1) is 26.2. The third-order valence-corrected chi connectivity index (χ3v) is 5.62. The number of aliphatic hydroxyl groups is 1. The number of aliphatic imine (C=N–C) groups is 1. The number of anilines is 1. The molecule has 4 rings (SSSR count). The van der Waals surface area contributed by atoms with Crippen molar-refractivity contribution in [1.29, 1.82) is 0 Å². The van der Waals surface area contributed by atoms with E-state index in [2.05, 4.69) is 31.4 Å². The van der Waals surface area contributed by atoms with Gasteiger partial charge in [0.2, 0.25) is 5.88 Å². The first-order valence-electron chi connectivity index (χ1n) is 12.2. The normalized spacial score (nSPS) is 16.1. The molecule has 2 amide bonds. The molecule has 1 aliphatic carbocycles. The summed E-state index contributed by atoms with van der Waals surface area (Å²) in [6.45, 7) is 9.70. The summed E-state index contributed by atoms with van der Waals surface area (Å²) in [7, 11) is 0. The lowest BCUT2D eigenvalue weighted by Gasteiger charge is -2.23. The molecule has 0 saturated heterocycles. The van der Waals surface area contributed by atoms with Gasteiger partial charge >= 0.3 is 0 Å². The van der Waals surface area contributed by atoms with Crippen molar-refractivity contribution in [3.8, 4) is 5.88 Å². The van der Waals surface area contributed by atoms with Crippen LogP contribution in [0.2, 0.25) is 0 Å². The van der Waals surface area contributed by atoms with Crippen LogP contribution in [0.3, 0.4) is 0 Å². The first-order valence-corrected chi connectivity index (χ1v) is 12.2. The van der Waals surface area contributed by atoms with E-state index in [0.717, 1.165) is 17.4 Å². The molecule has 1 aliphatic heterocycles. The Kier molecular flexibility index (Phi) is 6.76. The summed E-state index contributed by atoms with van der Waals surface area (Å²) >= 11 is 0. The van der Waals surface area contributed by atoms with Gasteiger partial charge in [-0.05, 0) is 32.1 Å². The Bertz CT molecular complexity index is 1350. The van der Waals surface area contributed by atoms with E-state index in [1.54, 1.807) is 19.9 Å². The molecule has 2 aromatic heterocycles. The average molecular weight is 515 g/mol. The van der Waals surface area contributed by atoms with Crippen LogP contribution in [0, 0.1) is 5.41 Å². The Labute approximate surface area is 213 Å². The third kappa shape index (κ3) is 6.28. The van der Waals surface area contributed by atoms with E-state index >= 15 is 0 Å². The highest BCUT2D eigenvalue weighted by Crippen LogP contribution is 2.27. The lowest BCUT2D eigenvalue weighted by molar-refractivity contribution is -0.118. The van der Waals surface area contributed by atoms with Crippen LogP contribution in [-0.4, -0.2) is 66.8 Å². The molecule has 0 atom stereocenters. The maximum absolute atomic E-state index is 13.2. The number of aromatic nitrogens is 3. The fourth-order valence-corrected chi connectivity index (χ4v) is 3.70. The van der Waals surface area contributed by atoms with Crippen LogP contribution in [0.4, 0.5) is 5.82 Å². The summed E-state index contributed by atoms with van der Waals surface area (Å²) in [4.78, 5) is 42.5. The Morgan fingerprint density at radius 1 is 1.19 bits per heavy atom. The zero-order valence-corrected chi connectivity index (χ0v) is 21.7. The molecule has 200 valence electrons. The van der Waals surface area contributed by atoms with Crippen molar-refractivity contribution < 1.29 is 19.8 Å². The standard InChI is InChI=1S/C24H34N8O5/c1-23(2,3)12-31-17-8-15(29-16-10-25-14(9-26-16)19(33)27-11-24(4,5)37)30-32(17)22(36)18(21(31)35)20(34)28-13-6-7-13/h8-9,13,25,35,37H,6-7,10-12H2,1-5H3,(H,27,33)(H,28,34)(H,26,29,30). The van der Waals surface area contributed by atoms with E-state index in [9.17, 15) is 24.6 Å². The highest BCUT2D eigenvalue weighted by molar-refractivity contribution is 6.01. The lowest BCUT2D eigenvalue weighted by atomic mass is 9.96. The molecule has 3 heterocycles. The van der Waals surface area contributed by atoms with E-state index < -0.39 is 28.9 Å². The van der Waals surface area contributed by atoms with Gasteiger partial charge in [0, 0.05) is 25.2 Å². The molecule has 0 aromatic carbocycles. The predicted octanol–water partition coefficient (Wildman–Crippen LogP) is 0.282. The van der Waals surface area contributed by atoms with Gasteiger partial charge in [-0.1, -0.05) is 20.8 Å². The number of nitrogens with zero attached hydrogens (tertiary/aromatic N) is 4. The molecule has 1 fully saturated rings. The van der Waals surface area contributed by atoms with E-state index in [-0.39, 0.29) is 41.6 Å². The molecule has 2 aliphatic rings. The van der Waals surface area contributed by atoms with Gasteiger partial charge < -0.3 is 31.5 Å². The number of carbonyl (C=O) groups excluding carboxylic acids is 2. The van der Waals surface area contributed by atoms with Crippen molar-refractivity contribution in [3.63, 3.8) is 0 Å². The number of amidine groups is 1. The molecule has 6 N–H and O–H groups in total. The van der Waals surface area contributed by atoms with Crippen LogP contribution in [0.1, 0.15) is 57.8 Å². The SMILES string of the molecule is CC(C)(C)Cn1c(O)c(C(=O)NC2CC2)c(=O)n2nc(NC3=NC=C(C(=O)NCC(C)(C)O)NC3)cc12. The number of amides is 2. The number of aromatic hydroxyl groups is 1. The fourth-order valence-electron chi connectivity index (χ4n) is 3.70. The summed E-state index contributed by atoms with van der Waals surface area (Å²) in [5, 5.41) is 36.4. The van der Waals surface area contributed by atoms with Crippen molar-refractivity contribution in [2.24, 2.45) is 10.4 Å². The summed E-state index contributed by atoms with van der Waals surface area (Å²) in [5.74, 6) is -0.709. The highest BCUT2D eigenvalue weighted by atomic mass is 16.3. The van der Waals surface area contributed by atoms with Gasteiger partial charge in [-0.2, -0.15) is 4.52 Å². The third-order valence-electron chi connectivity index (χ3n) is 5.62. The van der Waals surface area contributed by atoms with Crippen molar-refractivity contribution in [2.75, 3.05) is 18.4 Å². The summed E-state index contributed by atoms with van der Waals surface area (Å²) in [6.07, 6.45) is 3.04. The second kappa shape index (κ2) is 9.54. The van der Waals surface area contributed by atoms with E-state index in [1.807, 2.05) is 20.8 Å². The molecule has 1 saturated carbocycles. The minimum atomic E-state index is -1.04. The highest BCUT2D eigenvalue weighted by Gasteiger charge is 2.30. The zero-order chi connectivity index (χ0) is 27.1. The van der Waals surface area contributed by atoms with Gasteiger partial charge in [-0.15, -0.1) is 5.10 Å². The zero-order valence-electron chi connectivity index (χ0n) is 21.7. The molecule has 13 heteroatoms. The Balaban J connectivity index is 1.63. The Morgan fingerprint density at radius 2 is 1.89 bits per heavy atom. The molecule has 0 radical (unpaired) electrons. The molecule has 0 spiro atoms. The number of hydrogen-bond donors (Lipinski definition) is 6. The fraction of sp³-hybridized carbons (Fsp3) is 0.542. The van der Waals surface area contributed by atoms with Crippen molar-refractivity contribution in [3.05, 3.63) is 33.9 Å². The Hall–Kier alpha value is -3.87. The van der Waals surface area contributed by atoms with Crippen LogP contribution in [0.25, 0.3) is 5.65 Å². The van der Waals surface area contributed by atoms with Crippen LogP contribution in [0.5, 0.6) is 5.88 Å². The van der Waals surface area contributed by atoms with Gasteiger partial charge in [-0.25, -0.2) is 4.99 Å². The molecule has 2 aromatic rings. The monoisotopic (exact) mass is 514 g/mol. The average Bonchev–Trinajstić information content (AvgIpc) is 3.50. The van der Waals surface area contributed by atoms with Crippen molar-refractivity contribution >= 4 is 29.1 Å². The first-order chi connectivity index (χ1) is 17.2. The van der Waals surface area contributed by atoms with Gasteiger partial charge in [-0.3, -0.25) is 19.0 Å². The minimum Gasteiger partial charge on any atom is -0.494 e. The van der Waals surface area contributed by atoms with Crippen molar-refractivity contribution in [1.82, 2.24) is 30.1 Å². The molecule has 0 bridgehead atoms. The molecular formula is C24H34N8O5. The number of hydrogen-bond acceptors (Lipinski definition) is 9. The Morgan fingerprint density at radius 3 is 2.46 bits per heavy atom. The van der Waals surface area contributed by atoms with Gasteiger partial charge in [0.05, 0.1) is 18.3 Å². The number of nitrogens with one attached hydrogen (secondary N) is 4. The molecule has 13 nitrogen and oxygen atoms in total. The van der Waals surface area contributed by atoms with Gasteiger partial charge in [0.25, 0.3) is 17.4 Å². The van der Waals surface area contributed by atoms with E-state index in [4.69, 9.17) is 0 Å². The number of rotatable bonds is 7. The topological polar surface area (TPSA) is 174 Å². The molecule has 0 unspecified atom stereocenters. The second-order valence-corrected chi connectivity index (χ2v) is 11.3. The molecule has 37 heavy (non-hydrogen) atoms. The van der Waals surface area contributed by atoms with Gasteiger partial charge in [0.1, 0.15) is 17.2 Å². The van der Waals surface area contributed by atoms with Crippen LogP contribution >= 0.6 is 0 Å². The smallest absolute Gasteiger partial charge is 0.291 e. The predicted molar refractivity (Wildman–Crippen MR) is 138 cm³/mol.